The summed E-state index contributed by atoms with van der Waals surface area (Å²) in [5.74, 6) is 0.261. The van der Waals surface area contributed by atoms with Gasteiger partial charge in [-0.2, -0.15) is 0 Å². The van der Waals surface area contributed by atoms with E-state index in [2.05, 4.69) is 15.6 Å². The first-order chi connectivity index (χ1) is 13.6. The number of benzene rings is 1. The van der Waals surface area contributed by atoms with Crippen molar-refractivity contribution in [2.75, 3.05) is 19.6 Å². The van der Waals surface area contributed by atoms with Gasteiger partial charge in [0.1, 0.15) is 5.52 Å². The average Bonchev–Trinajstić information content (AvgIpc) is 3.11. The van der Waals surface area contributed by atoms with Crippen molar-refractivity contribution in [1.82, 2.24) is 25.2 Å². The molecule has 2 heterocycles. The molecular weight excluding hydrogens is 358 g/mol. The van der Waals surface area contributed by atoms with Crippen LogP contribution in [0.25, 0.3) is 10.9 Å². The number of rotatable bonds is 10. The van der Waals surface area contributed by atoms with Crippen molar-refractivity contribution in [3.8, 4) is 0 Å². The summed E-state index contributed by atoms with van der Waals surface area (Å²) in [5, 5.41) is 11.5. The van der Waals surface area contributed by atoms with Gasteiger partial charge in [0.2, 0.25) is 11.8 Å². The van der Waals surface area contributed by atoms with Crippen LogP contribution in [0.5, 0.6) is 0 Å². The minimum atomic E-state index is -0.125. The van der Waals surface area contributed by atoms with Gasteiger partial charge in [0.15, 0.2) is 0 Å². The Balaban J connectivity index is 1.28. The number of likely N-dealkylation sites (tertiary alicyclic amines) is 1. The summed E-state index contributed by atoms with van der Waals surface area (Å²) in [4.78, 5) is 37.6. The summed E-state index contributed by atoms with van der Waals surface area (Å²) < 4.78 is 1.39. The average molecular weight is 385 g/mol. The van der Waals surface area contributed by atoms with E-state index in [1.165, 1.54) is 4.68 Å². The Morgan fingerprint density at radius 1 is 1.07 bits per heavy atom. The van der Waals surface area contributed by atoms with Gasteiger partial charge < -0.3 is 10.2 Å². The Hall–Kier alpha value is -2.77. The summed E-state index contributed by atoms with van der Waals surface area (Å²) in [5.41, 5.74) is 0.481. The third-order valence-electron chi connectivity index (χ3n) is 5.00. The van der Waals surface area contributed by atoms with Crippen LogP contribution in [-0.4, -0.2) is 51.3 Å². The smallest absolute Gasteiger partial charge is 0.277 e. The number of nitrogens with zero attached hydrogens (tertiary/aromatic N) is 4. The van der Waals surface area contributed by atoms with E-state index in [1.54, 1.807) is 12.1 Å². The minimum Gasteiger partial charge on any atom is -0.356 e. The molecule has 0 unspecified atom stereocenters. The van der Waals surface area contributed by atoms with Crippen LogP contribution in [-0.2, 0) is 16.1 Å². The zero-order chi connectivity index (χ0) is 19.8. The van der Waals surface area contributed by atoms with E-state index < -0.39 is 0 Å². The maximum absolute atomic E-state index is 12.3. The van der Waals surface area contributed by atoms with Crippen LogP contribution < -0.4 is 10.9 Å². The highest BCUT2D eigenvalue weighted by Crippen LogP contribution is 2.09. The van der Waals surface area contributed by atoms with Gasteiger partial charge in [-0.15, -0.1) is 5.10 Å². The molecule has 0 spiro atoms. The summed E-state index contributed by atoms with van der Waals surface area (Å²) >= 11 is 0. The normalized spacial score (nSPS) is 14.0. The van der Waals surface area contributed by atoms with Crippen LogP contribution in [0, 0.1) is 0 Å². The first-order valence-electron chi connectivity index (χ1n) is 10.0. The lowest BCUT2D eigenvalue weighted by molar-refractivity contribution is -0.127. The molecule has 150 valence electrons. The Kier molecular flexibility index (Phi) is 7.11. The second-order valence-electron chi connectivity index (χ2n) is 7.13. The van der Waals surface area contributed by atoms with Gasteiger partial charge in [0.05, 0.1) is 5.39 Å². The molecular formula is C20H27N5O3. The van der Waals surface area contributed by atoms with E-state index >= 15 is 0 Å². The number of aryl methyl sites for hydroxylation is 1. The number of hydrogen-bond acceptors (Lipinski definition) is 5. The highest BCUT2D eigenvalue weighted by molar-refractivity contribution is 5.78. The number of fused-ring (bicyclic) bond motifs is 1. The van der Waals surface area contributed by atoms with Crippen molar-refractivity contribution in [2.24, 2.45) is 0 Å². The summed E-state index contributed by atoms with van der Waals surface area (Å²) in [6, 6.07) is 7.18. The van der Waals surface area contributed by atoms with E-state index in [-0.39, 0.29) is 17.4 Å². The molecule has 2 aromatic rings. The van der Waals surface area contributed by atoms with Crippen molar-refractivity contribution >= 4 is 22.7 Å². The van der Waals surface area contributed by atoms with Crippen LogP contribution in [0.15, 0.2) is 29.1 Å². The number of carbonyl (C=O) groups excluding carboxylic acids is 2. The summed E-state index contributed by atoms with van der Waals surface area (Å²) in [7, 11) is 0. The number of hydrogen-bond donors (Lipinski definition) is 1. The molecule has 1 aromatic heterocycles. The monoisotopic (exact) mass is 385 g/mol. The molecule has 0 atom stereocenters. The molecule has 8 heteroatoms. The minimum absolute atomic E-state index is 0.0374. The zero-order valence-electron chi connectivity index (χ0n) is 16.1. The number of aromatic nitrogens is 3. The molecule has 0 aliphatic carbocycles. The van der Waals surface area contributed by atoms with Crippen LogP contribution >= 0.6 is 0 Å². The molecule has 1 N–H and O–H groups in total. The van der Waals surface area contributed by atoms with Gasteiger partial charge in [-0.05, 0) is 37.8 Å². The Bertz CT molecular complexity index is 880. The summed E-state index contributed by atoms with van der Waals surface area (Å²) in [6.07, 6.45) is 5.26. The van der Waals surface area contributed by atoms with Gasteiger partial charge in [0, 0.05) is 39.0 Å². The van der Waals surface area contributed by atoms with Crippen LogP contribution in [0.3, 0.4) is 0 Å². The maximum Gasteiger partial charge on any atom is 0.277 e. The zero-order valence-corrected chi connectivity index (χ0v) is 16.1. The van der Waals surface area contributed by atoms with Crippen molar-refractivity contribution in [1.29, 1.82) is 0 Å². The highest BCUT2D eigenvalue weighted by atomic mass is 16.2. The molecule has 8 nitrogen and oxygen atoms in total. The first-order valence-corrected chi connectivity index (χ1v) is 10.0. The van der Waals surface area contributed by atoms with Crippen LogP contribution in [0.4, 0.5) is 0 Å². The SMILES string of the molecule is O=C(CCCCCn1nnc2ccccc2c1=O)NCCCN1CCCC1=O. The third-order valence-corrected chi connectivity index (χ3v) is 5.00. The molecule has 3 rings (SSSR count). The Morgan fingerprint density at radius 3 is 2.75 bits per heavy atom. The van der Waals surface area contributed by atoms with Gasteiger partial charge in [-0.25, -0.2) is 4.68 Å². The highest BCUT2D eigenvalue weighted by Gasteiger charge is 2.18. The van der Waals surface area contributed by atoms with E-state index in [4.69, 9.17) is 0 Å². The lowest BCUT2D eigenvalue weighted by atomic mass is 10.2. The third kappa shape index (κ3) is 5.37. The second-order valence-corrected chi connectivity index (χ2v) is 7.13. The fourth-order valence-electron chi connectivity index (χ4n) is 3.42. The quantitative estimate of drug-likeness (QED) is 0.625. The van der Waals surface area contributed by atoms with Crippen molar-refractivity contribution in [2.45, 2.75) is 51.5 Å². The molecule has 0 bridgehead atoms. The largest absolute Gasteiger partial charge is 0.356 e. The van der Waals surface area contributed by atoms with Gasteiger partial charge >= 0.3 is 0 Å². The van der Waals surface area contributed by atoms with E-state index in [9.17, 15) is 14.4 Å². The van der Waals surface area contributed by atoms with Gasteiger partial charge in [-0.1, -0.05) is 23.8 Å². The van der Waals surface area contributed by atoms with Gasteiger partial charge in [-0.3, -0.25) is 14.4 Å². The van der Waals surface area contributed by atoms with Crippen molar-refractivity contribution < 1.29 is 9.59 Å². The van der Waals surface area contributed by atoms with Crippen LogP contribution in [0.1, 0.15) is 44.9 Å². The molecule has 0 radical (unpaired) electrons. The lowest BCUT2D eigenvalue weighted by Crippen LogP contribution is -2.30. The molecule has 1 aliphatic rings. The second kappa shape index (κ2) is 9.96. The Morgan fingerprint density at radius 2 is 1.93 bits per heavy atom. The van der Waals surface area contributed by atoms with Crippen molar-refractivity contribution in [3.05, 3.63) is 34.6 Å². The lowest BCUT2D eigenvalue weighted by Gasteiger charge is -2.15. The number of nitrogens with one attached hydrogen (secondary N) is 1. The fraction of sp³-hybridized carbons (Fsp3) is 0.550. The topological polar surface area (TPSA) is 97.2 Å². The van der Waals surface area contributed by atoms with E-state index in [0.29, 0.717) is 36.8 Å². The first kappa shape index (κ1) is 20.0. The summed E-state index contributed by atoms with van der Waals surface area (Å²) in [6.45, 7) is 2.67. The number of amides is 2. The number of carbonyl (C=O) groups is 2. The predicted octanol–water partition coefficient (Wildman–Crippen LogP) is 1.48. The predicted molar refractivity (Wildman–Crippen MR) is 106 cm³/mol. The van der Waals surface area contributed by atoms with E-state index in [1.807, 2.05) is 17.0 Å². The molecule has 1 fully saturated rings. The maximum atomic E-state index is 12.3. The molecule has 0 saturated carbocycles. The van der Waals surface area contributed by atoms with Crippen molar-refractivity contribution in [3.63, 3.8) is 0 Å². The van der Waals surface area contributed by atoms with Crippen LogP contribution in [0.2, 0.25) is 0 Å². The van der Waals surface area contributed by atoms with E-state index in [0.717, 1.165) is 45.2 Å². The number of unbranched alkanes of at least 4 members (excludes halogenated alkanes) is 2. The standard InChI is InChI=1S/C20H27N5O3/c26-18(21-12-7-14-24-13-6-11-19(24)27)10-2-1-5-15-25-20(28)16-8-3-4-9-17(16)22-23-25/h3-4,8-9H,1-2,5-7,10-15H2,(H,21,26). The fourth-order valence-corrected chi connectivity index (χ4v) is 3.42. The molecule has 1 saturated heterocycles. The molecule has 2 amide bonds. The molecule has 1 aliphatic heterocycles. The Labute approximate surface area is 163 Å². The molecule has 1 aromatic carbocycles. The van der Waals surface area contributed by atoms with Gasteiger partial charge in [0.25, 0.3) is 5.56 Å². The molecule has 28 heavy (non-hydrogen) atoms.